The maximum atomic E-state index is 14.0. The second kappa shape index (κ2) is 9.84. The van der Waals surface area contributed by atoms with Gasteiger partial charge >= 0.3 is 6.36 Å². The van der Waals surface area contributed by atoms with Gasteiger partial charge in [-0.3, -0.25) is 0 Å². The molecule has 1 aliphatic heterocycles. The lowest BCUT2D eigenvalue weighted by Crippen LogP contribution is -2.47. The Morgan fingerprint density at radius 3 is 2.23 bits per heavy atom. The summed E-state index contributed by atoms with van der Waals surface area (Å²) in [7, 11) is 0. The molecule has 7 heteroatoms. The van der Waals surface area contributed by atoms with E-state index in [9.17, 15) is 22.7 Å². The zero-order chi connectivity index (χ0) is 27.4. The minimum atomic E-state index is -4.76. The second-order valence-electron chi connectivity index (χ2n) is 11.4. The molecule has 3 aromatic carbocycles. The molecule has 0 bridgehead atoms. The maximum absolute atomic E-state index is 14.0. The van der Waals surface area contributed by atoms with Crippen molar-refractivity contribution in [3.05, 3.63) is 82.7 Å². The first-order chi connectivity index (χ1) is 18.6. The van der Waals surface area contributed by atoms with Crippen molar-refractivity contribution in [3.63, 3.8) is 0 Å². The Labute approximate surface area is 225 Å². The van der Waals surface area contributed by atoms with Crippen LogP contribution in [0.4, 0.5) is 17.6 Å². The Bertz CT molecular complexity index is 1340. The summed E-state index contributed by atoms with van der Waals surface area (Å²) in [5.41, 5.74) is 5.02. The first-order valence-corrected chi connectivity index (χ1v) is 13.8. The number of aliphatic hydroxyl groups is 1. The van der Waals surface area contributed by atoms with E-state index in [0.29, 0.717) is 18.1 Å². The molecular formula is C32H32F4O3. The molecule has 0 amide bonds. The predicted octanol–water partition coefficient (Wildman–Crippen LogP) is 8.94. The minimum absolute atomic E-state index is 0.210. The molecule has 1 N–H and O–H groups in total. The lowest BCUT2D eigenvalue weighted by molar-refractivity contribution is -0.274. The number of aliphatic hydroxyl groups excluding tert-OH is 1. The number of alkyl halides is 3. The van der Waals surface area contributed by atoms with E-state index in [1.165, 1.54) is 24.3 Å². The number of hydrogen-bond donors (Lipinski definition) is 1. The van der Waals surface area contributed by atoms with Crippen LogP contribution in [0.25, 0.3) is 11.1 Å². The summed E-state index contributed by atoms with van der Waals surface area (Å²) in [6, 6.07) is 14.4. The molecule has 206 valence electrons. The molecule has 2 aliphatic carbocycles. The molecule has 0 saturated heterocycles. The van der Waals surface area contributed by atoms with E-state index in [4.69, 9.17) is 4.74 Å². The number of benzene rings is 3. The maximum Gasteiger partial charge on any atom is 0.573 e. The lowest BCUT2D eigenvalue weighted by atomic mass is 9.70. The topological polar surface area (TPSA) is 38.7 Å². The normalized spacial score (nSPS) is 21.2. The summed E-state index contributed by atoms with van der Waals surface area (Å²) in [6.45, 7) is 2.04. The van der Waals surface area contributed by atoms with E-state index in [-0.39, 0.29) is 23.1 Å². The Morgan fingerprint density at radius 2 is 1.64 bits per heavy atom. The smallest absolute Gasteiger partial charge is 0.487 e. The Hall–Kier alpha value is -3.06. The summed E-state index contributed by atoms with van der Waals surface area (Å²) >= 11 is 0. The third-order valence-electron chi connectivity index (χ3n) is 8.87. The van der Waals surface area contributed by atoms with Crippen molar-refractivity contribution in [2.75, 3.05) is 0 Å². The van der Waals surface area contributed by atoms with E-state index < -0.39 is 12.5 Å². The molecule has 39 heavy (non-hydrogen) atoms. The Morgan fingerprint density at radius 1 is 0.974 bits per heavy atom. The van der Waals surface area contributed by atoms with Gasteiger partial charge in [0.15, 0.2) is 0 Å². The molecule has 1 unspecified atom stereocenters. The van der Waals surface area contributed by atoms with Crippen LogP contribution in [-0.2, 0) is 0 Å². The highest BCUT2D eigenvalue weighted by atomic mass is 19.4. The van der Waals surface area contributed by atoms with Gasteiger partial charge in [0.2, 0.25) is 0 Å². The van der Waals surface area contributed by atoms with Crippen LogP contribution in [0, 0.1) is 5.82 Å². The van der Waals surface area contributed by atoms with Crippen molar-refractivity contribution in [3.8, 4) is 22.6 Å². The number of ether oxygens (including phenoxy) is 2. The van der Waals surface area contributed by atoms with Crippen LogP contribution in [0.15, 0.2) is 54.6 Å². The summed E-state index contributed by atoms with van der Waals surface area (Å²) in [5.74, 6) is 0.185. The minimum Gasteiger partial charge on any atom is -0.487 e. The number of hydrogen-bond acceptors (Lipinski definition) is 3. The van der Waals surface area contributed by atoms with E-state index >= 15 is 0 Å². The van der Waals surface area contributed by atoms with Gasteiger partial charge in [0.05, 0.1) is 6.10 Å². The van der Waals surface area contributed by atoms with Gasteiger partial charge in [0.1, 0.15) is 22.9 Å². The fourth-order valence-electron chi connectivity index (χ4n) is 6.82. The third kappa shape index (κ3) is 5.02. The molecular weight excluding hydrogens is 508 g/mol. The fourth-order valence-corrected chi connectivity index (χ4v) is 6.82. The van der Waals surface area contributed by atoms with Gasteiger partial charge in [-0.15, -0.1) is 13.2 Å². The molecule has 3 aromatic rings. The van der Waals surface area contributed by atoms with Crippen LogP contribution in [-0.4, -0.2) is 17.1 Å². The van der Waals surface area contributed by atoms with E-state index in [2.05, 4.69) is 10.8 Å². The van der Waals surface area contributed by atoms with Gasteiger partial charge in [-0.05, 0) is 96.2 Å². The Kier molecular flexibility index (Phi) is 6.61. The van der Waals surface area contributed by atoms with E-state index in [0.717, 1.165) is 78.3 Å². The summed E-state index contributed by atoms with van der Waals surface area (Å²) in [4.78, 5) is 0. The molecule has 2 fully saturated rings. The average Bonchev–Trinajstić information content (AvgIpc) is 3.41. The molecule has 6 rings (SSSR count). The van der Waals surface area contributed by atoms with Crippen molar-refractivity contribution in [1.29, 1.82) is 0 Å². The van der Waals surface area contributed by atoms with Crippen molar-refractivity contribution in [2.24, 2.45) is 0 Å². The van der Waals surface area contributed by atoms with Crippen molar-refractivity contribution in [1.82, 2.24) is 0 Å². The quantitative estimate of drug-likeness (QED) is 0.328. The number of rotatable bonds is 5. The van der Waals surface area contributed by atoms with Crippen molar-refractivity contribution >= 4 is 0 Å². The van der Waals surface area contributed by atoms with Crippen molar-refractivity contribution in [2.45, 2.75) is 88.2 Å². The van der Waals surface area contributed by atoms with E-state index in [1.54, 1.807) is 24.3 Å². The van der Waals surface area contributed by atoms with Gasteiger partial charge in [0.25, 0.3) is 0 Å². The molecule has 2 saturated carbocycles. The molecule has 3 aliphatic rings. The van der Waals surface area contributed by atoms with Crippen molar-refractivity contribution < 1.29 is 32.1 Å². The Balaban J connectivity index is 1.54. The van der Waals surface area contributed by atoms with Gasteiger partial charge in [0, 0.05) is 17.9 Å². The molecule has 1 spiro atoms. The third-order valence-corrected chi connectivity index (χ3v) is 8.87. The predicted molar refractivity (Wildman–Crippen MR) is 140 cm³/mol. The monoisotopic (exact) mass is 540 g/mol. The van der Waals surface area contributed by atoms with Gasteiger partial charge < -0.3 is 14.6 Å². The number of halogens is 4. The average molecular weight is 541 g/mol. The highest BCUT2D eigenvalue weighted by Crippen LogP contribution is 2.55. The fraction of sp³-hybridized carbons (Fsp3) is 0.438. The van der Waals surface area contributed by atoms with Gasteiger partial charge in [-0.25, -0.2) is 4.39 Å². The highest BCUT2D eigenvalue weighted by Gasteiger charge is 2.47. The molecule has 3 nitrogen and oxygen atoms in total. The van der Waals surface area contributed by atoms with Gasteiger partial charge in [-0.1, -0.05) is 44.0 Å². The number of fused-ring (bicyclic) bond motifs is 1. The van der Waals surface area contributed by atoms with Crippen LogP contribution in [0.3, 0.4) is 0 Å². The van der Waals surface area contributed by atoms with Crippen LogP contribution in [0.1, 0.15) is 98.5 Å². The second-order valence-corrected chi connectivity index (χ2v) is 11.4. The van der Waals surface area contributed by atoms with E-state index in [1.807, 2.05) is 6.92 Å². The molecule has 0 radical (unpaired) electrons. The van der Waals surface area contributed by atoms with Gasteiger partial charge in [-0.2, -0.15) is 0 Å². The summed E-state index contributed by atoms with van der Waals surface area (Å²) in [6.07, 6.45) is 2.24. The zero-order valence-corrected chi connectivity index (χ0v) is 21.9. The van der Waals surface area contributed by atoms with Crippen LogP contribution in [0.2, 0.25) is 0 Å². The SMILES string of the molecule is CC(c1ccc(OC(F)(F)F)cc1)c1c(C2CCCC2)cc2c(c1-c1ccc(F)cc1)[C@@H](O)CC1(CCC1)O2. The van der Waals surface area contributed by atoms with Crippen LogP contribution < -0.4 is 9.47 Å². The van der Waals surface area contributed by atoms with Crippen LogP contribution in [0.5, 0.6) is 11.5 Å². The molecule has 1 heterocycles. The standard InChI is InChI=1S/C32H32F4O3/c1-19(20-9-13-24(14-10-20)38-32(34,35)36)28-25(21-5-2-3-6-21)17-27-30(26(37)18-31(39-27)15-4-16-31)29(28)22-7-11-23(33)12-8-22/h7-14,17,19,21,26,37H,2-6,15-16,18H2,1H3/t19?,26-/m0/s1. The highest BCUT2D eigenvalue weighted by molar-refractivity contribution is 5.78. The first kappa shape index (κ1) is 26.2. The largest absolute Gasteiger partial charge is 0.573 e. The summed E-state index contributed by atoms with van der Waals surface area (Å²) < 4.78 is 63.0. The first-order valence-electron chi connectivity index (χ1n) is 13.8. The summed E-state index contributed by atoms with van der Waals surface area (Å²) in [5, 5.41) is 11.6. The molecule has 2 atom stereocenters. The van der Waals surface area contributed by atoms with Crippen LogP contribution >= 0.6 is 0 Å². The molecule has 0 aromatic heterocycles. The zero-order valence-electron chi connectivity index (χ0n) is 21.9. The lowest BCUT2D eigenvalue weighted by Gasteiger charge is -2.48.